The van der Waals surface area contributed by atoms with Crippen molar-refractivity contribution in [2.75, 3.05) is 11.4 Å². The lowest BCUT2D eigenvalue weighted by molar-refractivity contribution is -0.0402. The standard InChI is InChI=1S/C27H22F3N3O5S/c1-37-24-15-18(3-2-17-8-11-27(29,30)12-9-17)21(28)16-23(24)33(25-10-13-38-32-25)39(35,36)20-5-6-22-19(14-20)4-7-26(34)31-22/h4-7,10,13-17H,8-9,11-12H2,1H3,(H,31,34). The minimum atomic E-state index is -4.42. The van der Waals surface area contributed by atoms with Gasteiger partial charge in [0.1, 0.15) is 23.5 Å². The van der Waals surface area contributed by atoms with Gasteiger partial charge in [-0.25, -0.2) is 25.9 Å². The zero-order valence-corrected chi connectivity index (χ0v) is 21.4. The lowest BCUT2D eigenvalue weighted by Crippen LogP contribution is -2.27. The average Bonchev–Trinajstić information content (AvgIpc) is 3.42. The molecule has 1 N–H and O–H groups in total. The summed E-state index contributed by atoms with van der Waals surface area (Å²) in [6.07, 6.45) is 1.03. The second-order valence-corrected chi connectivity index (χ2v) is 10.9. The quantitative estimate of drug-likeness (QED) is 0.331. The third-order valence-corrected chi connectivity index (χ3v) is 8.20. The lowest BCUT2D eigenvalue weighted by Gasteiger charge is -2.25. The molecule has 0 atom stereocenters. The largest absolute Gasteiger partial charge is 0.494 e. The first-order valence-corrected chi connectivity index (χ1v) is 13.4. The van der Waals surface area contributed by atoms with Gasteiger partial charge in [-0.1, -0.05) is 17.0 Å². The van der Waals surface area contributed by atoms with Crippen molar-refractivity contribution in [3.63, 3.8) is 0 Å². The number of H-pyrrole nitrogens is 1. The van der Waals surface area contributed by atoms with Crippen LogP contribution in [0, 0.1) is 23.6 Å². The van der Waals surface area contributed by atoms with E-state index in [1.165, 1.54) is 55.8 Å². The number of anilines is 2. The molecule has 1 aliphatic carbocycles. The molecule has 0 unspecified atom stereocenters. The van der Waals surface area contributed by atoms with Crippen molar-refractivity contribution in [3.05, 3.63) is 76.5 Å². The summed E-state index contributed by atoms with van der Waals surface area (Å²) in [5.74, 6) is 1.54. The van der Waals surface area contributed by atoms with Gasteiger partial charge in [-0.3, -0.25) is 4.79 Å². The van der Waals surface area contributed by atoms with E-state index in [1.54, 1.807) is 0 Å². The topological polar surface area (TPSA) is 106 Å². The van der Waals surface area contributed by atoms with Gasteiger partial charge in [0, 0.05) is 48.5 Å². The molecule has 1 fully saturated rings. The van der Waals surface area contributed by atoms with Gasteiger partial charge >= 0.3 is 0 Å². The monoisotopic (exact) mass is 557 g/mol. The van der Waals surface area contributed by atoms with Crippen LogP contribution in [0.2, 0.25) is 0 Å². The van der Waals surface area contributed by atoms with Crippen molar-refractivity contribution in [3.8, 4) is 17.6 Å². The maximum absolute atomic E-state index is 15.3. The van der Waals surface area contributed by atoms with Crippen LogP contribution in [0.4, 0.5) is 24.7 Å². The minimum absolute atomic E-state index is 0.0208. The van der Waals surface area contributed by atoms with Crippen LogP contribution in [0.1, 0.15) is 31.2 Å². The second kappa shape index (κ2) is 10.1. The third-order valence-electron chi connectivity index (χ3n) is 6.48. The van der Waals surface area contributed by atoms with E-state index in [2.05, 4.69) is 22.0 Å². The first-order chi connectivity index (χ1) is 18.6. The lowest BCUT2D eigenvalue weighted by atomic mass is 9.87. The predicted octanol–water partition coefficient (Wildman–Crippen LogP) is 5.37. The molecule has 0 radical (unpaired) electrons. The number of rotatable bonds is 5. The number of nitrogens with zero attached hydrogens (tertiary/aromatic N) is 2. The number of aromatic amines is 1. The van der Waals surface area contributed by atoms with Gasteiger partial charge in [0.15, 0.2) is 5.82 Å². The predicted molar refractivity (Wildman–Crippen MR) is 137 cm³/mol. The van der Waals surface area contributed by atoms with E-state index in [0.29, 0.717) is 10.9 Å². The van der Waals surface area contributed by atoms with Gasteiger partial charge in [-0.15, -0.1) is 0 Å². The number of hydrogen-bond acceptors (Lipinski definition) is 6. The van der Waals surface area contributed by atoms with E-state index in [0.717, 1.165) is 10.4 Å². The summed E-state index contributed by atoms with van der Waals surface area (Å²) in [5, 5.41) is 4.21. The fourth-order valence-corrected chi connectivity index (χ4v) is 5.88. The Morgan fingerprint density at radius 2 is 1.90 bits per heavy atom. The third kappa shape index (κ3) is 5.35. The molecule has 5 rings (SSSR count). The van der Waals surface area contributed by atoms with Gasteiger partial charge in [0.25, 0.3) is 10.0 Å². The highest BCUT2D eigenvalue weighted by Crippen LogP contribution is 2.40. The maximum Gasteiger partial charge on any atom is 0.270 e. The van der Waals surface area contributed by atoms with E-state index >= 15 is 4.39 Å². The average molecular weight is 558 g/mol. The van der Waals surface area contributed by atoms with Crippen molar-refractivity contribution >= 4 is 32.4 Å². The molecule has 1 aliphatic rings. The summed E-state index contributed by atoms with van der Waals surface area (Å²) in [5.41, 5.74) is -0.164. The van der Waals surface area contributed by atoms with Crippen molar-refractivity contribution < 1.29 is 30.8 Å². The fourth-order valence-electron chi connectivity index (χ4n) is 4.41. The number of nitrogens with one attached hydrogen (secondary N) is 1. The molecule has 1 saturated carbocycles. The van der Waals surface area contributed by atoms with Crippen molar-refractivity contribution in [1.82, 2.24) is 10.1 Å². The molecule has 12 heteroatoms. The summed E-state index contributed by atoms with van der Waals surface area (Å²) < 4.78 is 81.1. The van der Waals surface area contributed by atoms with Crippen molar-refractivity contribution in [2.24, 2.45) is 5.92 Å². The Bertz CT molecular complexity index is 1750. The molecule has 39 heavy (non-hydrogen) atoms. The molecule has 8 nitrogen and oxygen atoms in total. The Morgan fingerprint density at radius 1 is 1.13 bits per heavy atom. The summed E-state index contributed by atoms with van der Waals surface area (Å²) in [4.78, 5) is 14.1. The normalized spacial score (nSPS) is 15.5. The molecular weight excluding hydrogens is 535 g/mol. The van der Waals surface area contributed by atoms with Crippen LogP contribution in [0.3, 0.4) is 0 Å². The van der Waals surface area contributed by atoms with Crippen LogP contribution in [-0.4, -0.2) is 31.6 Å². The van der Waals surface area contributed by atoms with Crippen molar-refractivity contribution in [2.45, 2.75) is 36.5 Å². The first-order valence-electron chi connectivity index (χ1n) is 11.9. The minimum Gasteiger partial charge on any atom is -0.494 e. The molecule has 2 heterocycles. The van der Waals surface area contributed by atoms with E-state index in [-0.39, 0.29) is 64.9 Å². The van der Waals surface area contributed by atoms with Gasteiger partial charge in [-0.2, -0.15) is 0 Å². The molecular formula is C27H22F3N3O5S. The summed E-state index contributed by atoms with van der Waals surface area (Å²) >= 11 is 0. The molecule has 0 amide bonds. The van der Waals surface area contributed by atoms with Crippen LogP contribution in [-0.2, 0) is 10.0 Å². The Kier molecular flexibility index (Phi) is 6.86. The number of halogens is 3. The van der Waals surface area contributed by atoms with E-state index in [4.69, 9.17) is 9.26 Å². The van der Waals surface area contributed by atoms with Gasteiger partial charge in [0.05, 0.1) is 17.6 Å². The molecule has 0 bridgehead atoms. The van der Waals surface area contributed by atoms with E-state index in [9.17, 15) is 22.0 Å². The Balaban J connectivity index is 1.57. The number of ether oxygens (including phenoxy) is 1. The Hall–Kier alpha value is -4.24. The Labute approximate surface area is 221 Å². The van der Waals surface area contributed by atoms with Crippen LogP contribution >= 0.6 is 0 Å². The summed E-state index contributed by atoms with van der Waals surface area (Å²) in [7, 11) is -3.13. The number of pyridine rings is 1. The van der Waals surface area contributed by atoms with Gasteiger partial charge in [0.2, 0.25) is 11.5 Å². The fraction of sp³-hybridized carbons (Fsp3) is 0.259. The number of aromatic nitrogens is 2. The Morgan fingerprint density at radius 3 is 2.59 bits per heavy atom. The van der Waals surface area contributed by atoms with E-state index in [1.807, 2.05) is 0 Å². The molecule has 2 aromatic heterocycles. The number of benzene rings is 2. The number of hydrogen-bond donors (Lipinski definition) is 1. The highest BCUT2D eigenvalue weighted by molar-refractivity contribution is 7.93. The highest BCUT2D eigenvalue weighted by Gasteiger charge is 2.35. The molecule has 0 saturated heterocycles. The van der Waals surface area contributed by atoms with Crippen molar-refractivity contribution in [1.29, 1.82) is 0 Å². The molecule has 2 aromatic carbocycles. The zero-order valence-electron chi connectivity index (χ0n) is 20.6. The van der Waals surface area contributed by atoms with Crippen LogP contribution in [0.5, 0.6) is 5.75 Å². The first kappa shape index (κ1) is 26.4. The van der Waals surface area contributed by atoms with E-state index < -0.39 is 21.8 Å². The highest BCUT2D eigenvalue weighted by atomic mass is 32.2. The number of alkyl halides is 2. The molecule has 0 spiro atoms. The molecule has 0 aliphatic heterocycles. The van der Waals surface area contributed by atoms with Gasteiger partial charge in [-0.05, 0) is 42.5 Å². The number of fused-ring (bicyclic) bond motifs is 1. The smallest absolute Gasteiger partial charge is 0.270 e. The maximum atomic E-state index is 15.3. The zero-order chi connectivity index (χ0) is 27.8. The second-order valence-electron chi connectivity index (χ2n) is 9.10. The molecule has 202 valence electrons. The number of sulfonamides is 1. The van der Waals surface area contributed by atoms with Crippen LogP contribution < -0.4 is 14.6 Å². The van der Waals surface area contributed by atoms with Gasteiger partial charge < -0.3 is 14.2 Å². The SMILES string of the molecule is COc1cc(C#CC2CCC(F)(F)CC2)c(F)cc1N(c1ccon1)S(=O)(=O)c1ccc2[nH]c(=O)ccc2c1. The van der Waals surface area contributed by atoms with Crippen LogP contribution in [0.15, 0.2) is 69.0 Å². The summed E-state index contributed by atoms with van der Waals surface area (Å²) in [6.45, 7) is 0. The van der Waals surface area contributed by atoms with Crippen LogP contribution in [0.25, 0.3) is 10.9 Å². The summed E-state index contributed by atoms with van der Waals surface area (Å²) in [6, 6.07) is 10.4. The number of methoxy groups -OCH3 is 1. The molecule has 4 aromatic rings.